The number of hydrogen-bond acceptors (Lipinski definition) is 3. The molecule has 4 nitrogen and oxygen atoms in total. The fraction of sp³-hybridized carbons (Fsp3) is 0.125. The zero-order chi connectivity index (χ0) is 17.6. The Balaban J connectivity index is 1.80. The van der Waals surface area contributed by atoms with Gasteiger partial charge in [-0.3, -0.25) is 4.79 Å². The summed E-state index contributed by atoms with van der Waals surface area (Å²) in [5.41, 5.74) is 1.79. The lowest BCUT2D eigenvalue weighted by atomic mass is 10.1. The second kappa shape index (κ2) is 7.58. The molecule has 2 aromatic carbocycles. The topological polar surface area (TPSA) is 50.7 Å². The highest BCUT2D eigenvalue weighted by atomic mass is 19.4. The number of carbonyl (C=O) groups excluding carboxylic acids is 1. The highest BCUT2D eigenvalue weighted by Crippen LogP contribution is 2.28. The number of halogens is 4. The first-order chi connectivity index (χ1) is 11.3. The number of benzene rings is 2. The SMILES string of the molecule is O=C(COc1ccc(F)cc1)NN=Cc1ccc(C(F)(F)F)cc1. The third-order valence-corrected chi connectivity index (χ3v) is 2.82. The molecule has 0 aliphatic heterocycles. The Bertz CT molecular complexity index is 710. The molecule has 126 valence electrons. The molecule has 0 aliphatic rings. The number of nitrogens with one attached hydrogen (secondary N) is 1. The van der Waals surface area contributed by atoms with Crippen LogP contribution in [-0.2, 0) is 11.0 Å². The smallest absolute Gasteiger partial charge is 0.416 e. The monoisotopic (exact) mass is 340 g/mol. The number of ether oxygens (including phenoxy) is 1. The molecule has 0 unspecified atom stereocenters. The van der Waals surface area contributed by atoms with Crippen LogP contribution in [0.1, 0.15) is 11.1 Å². The molecule has 1 amide bonds. The van der Waals surface area contributed by atoms with Crippen LogP contribution in [0.4, 0.5) is 17.6 Å². The van der Waals surface area contributed by atoms with Crippen molar-refractivity contribution in [2.24, 2.45) is 5.10 Å². The predicted molar refractivity (Wildman–Crippen MR) is 79.1 cm³/mol. The number of rotatable bonds is 5. The first-order valence-corrected chi connectivity index (χ1v) is 6.72. The molecular formula is C16H12F4N2O2. The lowest BCUT2D eigenvalue weighted by Crippen LogP contribution is -2.24. The number of carbonyl (C=O) groups is 1. The standard InChI is InChI=1S/C16H12F4N2O2/c17-13-5-7-14(8-6-13)24-10-15(23)22-21-9-11-1-3-12(4-2-11)16(18,19)20/h1-9H,10H2,(H,22,23). The van der Waals surface area contributed by atoms with Gasteiger partial charge >= 0.3 is 6.18 Å². The molecule has 0 heterocycles. The van der Waals surface area contributed by atoms with Gasteiger partial charge in [0.25, 0.3) is 5.91 Å². The van der Waals surface area contributed by atoms with E-state index in [4.69, 9.17) is 4.74 Å². The predicted octanol–water partition coefficient (Wildman–Crippen LogP) is 3.37. The van der Waals surface area contributed by atoms with E-state index >= 15 is 0 Å². The van der Waals surface area contributed by atoms with Crippen molar-refractivity contribution in [3.05, 3.63) is 65.5 Å². The van der Waals surface area contributed by atoms with Gasteiger partial charge in [-0.05, 0) is 42.0 Å². The Labute approximate surface area is 134 Å². The number of hydrogen-bond donors (Lipinski definition) is 1. The van der Waals surface area contributed by atoms with Crippen molar-refractivity contribution >= 4 is 12.1 Å². The van der Waals surface area contributed by atoms with Crippen LogP contribution in [0.5, 0.6) is 5.75 Å². The van der Waals surface area contributed by atoms with Gasteiger partial charge in [-0.25, -0.2) is 9.82 Å². The summed E-state index contributed by atoms with van der Waals surface area (Å²) in [5.74, 6) is -0.673. The van der Waals surface area contributed by atoms with Crippen LogP contribution >= 0.6 is 0 Å². The average Bonchev–Trinajstić information content (AvgIpc) is 2.54. The summed E-state index contributed by atoms with van der Waals surface area (Å²) in [6, 6.07) is 9.41. The first kappa shape index (κ1) is 17.5. The molecule has 0 atom stereocenters. The van der Waals surface area contributed by atoms with Crippen molar-refractivity contribution in [2.45, 2.75) is 6.18 Å². The molecule has 1 N–H and O–H groups in total. The van der Waals surface area contributed by atoms with Gasteiger partial charge in [0.15, 0.2) is 6.61 Å². The lowest BCUT2D eigenvalue weighted by molar-refractivity contribution is -0.137. The summed E-state index contributed by atoms with van der Waals surface area (Å²) in [6.07, 6.45) is -3.20. The number of nitrogens with zero attached hydrogens (tertiary/aromatic N) is 1. The minimum atomic E-state index is -4.40. The van der Waals surface area contributed by atoms with Crippen LogP contribution in [0.15, 0.2) is 53.6 Å². The minimum absolute atomic E-state index is 0.318. The van der Waals surface area contributed by atoms with Crippen LogP contribution in [0, 0.1) is 5.82 Å². The molecular weight excluding hydrogens is 328 g/mol. The average molecular weight is 340 g/mol. The second-order valence-corrected chi connectivity index (χ2v) is 4.66. The maximum absolute atomic E-state index is 12.7. The van der Waals surface area contributed by atoms with Gasteiger partial charge in [-0.1, -0.05) is 12.1 Å². The molecule has 0 spiro atoms. The van der Waals surface area contributed by atoms with Crippen molar-refractivity contribution in [2.75, 3.05) is 6.61 Å². The second-order valence-electron chi connectivity index (χ2n) is 4.66. The van der Waals surface area contributed by atoms with E-state index in [-0.39, 0.29) is 6.61 Å². The summed E-state index contributed by atoms with van der Waals surface area (Å²) in [4.78, 5) is 11.5. The largest absolute Gasteiger partial charge is 0.484 e. The zero-order valence-corrected chi connectivity index (χ0v) is 12.2. The molecule has 0 bridgehead atoms. The van der Waals surface area contributed by atoms with Gasteiger partial charge in [0, 0.05) is 0 Å². The van der Waals surface area contributed by atoms with Crippen molar-refractivity contribution in [3.63, 3.8) is 0 Å². The van der Waals surface area contributed by atoms with E-state index in [0.717, 1.165) is 12.1 Å². The van der Waals surface area contributed by atoms with Crippen molar-refractivity contribution in [3.8, 4) is 5.75 Å². The normalized spacial score (nSPS) is 11.5. The van der Waals surface area contributed by atoms with Crippen LogP contribution in [0.3, 0.4) is 0 Å². The number of hydrazone groups is 1. The van der Waals surface area contributed by atoms with Crippen LogP contribution in [0.25, 0.3) is 0 Å². The summed E-state index contributed by atoms with van der Waals surface area (Å²) in [7, 11) is 0. The van der Waals surface area contributed by atoms with Gasteiger partial charge in [0.05, 0.1) is 11.8 Å². The van der Waals surface area contributed by atoms with E-state index in [0.29, 0.717) is 11.3 Å². The Kier molecular flexibility index (Phi) is 5.51. The third-order valence-electron chi connectivity index (χ3n) is 2.82. The van der Waals surface area contributed by atoms with E-state index in [9.17, 15) is 22.4 Å². The Morgan fingerprint density at radius 3 is 2.29 bits per heavy atom. The minimum Gasteiger partial charge on any atom is -0.484 e. The molecule has 0 fully saturated rings. The van der Waals surface area contributed by atoms with Crippen LogP contribution in [0.2, 0.25) is 0 Å². The molecule has 0 aliphatic carbocycles. The van der Waals surface area contributed by atoms with E-state index in [2.05, 4.69) is 10.5 Å². The van der Waals surface area contributed by atoms with Crippen LogP contribution < -0.4 is 10.2 Å². The van der Waals surface area contributed by atoms with E-state index in [1.807, 2.05) is 0 Å². The summed E-state index contributed by atoms with van der Waals surface area (Å²) >= 11 is 0. The number of amides is 1. The molecule has 0 saturated carbocycles. The van der Waals surface area contributed by atoms with E-state index in [1.54, 1.807) is 0 Å². The molecule has 2 rings (SSSR count). The Morgan fingerprint density at radius 2 is 1.71 bits per heavy atom. The van der Waals surface area contributed by atoms with Gasteiger partial charge in [0.2, 0.25) is 0 Å². The Hall–Kier alpha value is -2.90. The molecule has 2 aromatic rings. The summed E-state index contributed by atoms with van der Waals surface area (Å²) in [6.45, 7) is -0.337. The van der Waals surface area contributed by atoms with E-state index < -0.39 is 23.5 Å². The van der Waals surface area contributed by atoms with Crippen molar-refractivity contribution in [1.82, 2.24) is 5.43 Å². The Morgan fingerprint density at radius 1 is 1.08 bits per heavy atom. The highest BCUT2D eigenvalue weighted by Gasteiger charge is 2.29. The molecule has 0 radical (unpaired) electrons. The molecule has 24 heavy (non-hydrogen) atoms. The van der Waals surface area contributed by atoms with Crippen LogP contribution in [-0.4, -0.2) is 18.7 Å². The quantitative estimate of drug-likeness (QED) is 0.515. The van der Waals surface area contributed by atoms with Gasteiger partial charge in [-0.2, -0.15) is 18.3 Å². The fourth-order valence-corrected chi connectivity index (χ4v) is 1.65. The lowest BCUT2D eigenvalue weighted by Gasteiger charge is -2.06. The van der Waals surface area contributed by atoms with Crippen molar-refractivity contribution < 1.29 is 27.1 Å². The summed E-state index contributed by atoms with van der Waals surface area (Å²) < 4.78 is 55.0. The maximum atomic E-state index is 12.7. The highest BCUT2D eigenvalue weighted by molar-refractivity contribution is 5.82. The van der Waals surface area contributed by atoms with Gasteiger partial charge < -0.3 is 4.74 Å². The molecule has 8 heteroatoms. The summed E-state index contributed by atoms with van der Waals surface area (Å²) in [5, 5.41) is 3.61. The first-order valence-electron chi connectivity index (χ1n) is 6.72. The van der Waals surface area contributed by atoms with E-state index in [1.165, 1.54) is 42.6 Å². The fourth-order valence-electron chi connectivity index (χ4n) is 1.65. The molecule has 0 saturated heterocycles. The zero-order valence-electron chi connectivity index (χ0n) is 12.2. The van der Waals surface area contributed by atoms with Gasteiger partial charge in [0.1, 0.15) is 11.6 Å². The maximum Gasteiger partial charge on any atom is 0.416 e. The molecule has 0 aromatic heterocycles. The van der Waals surface area contributed by atoms with Crippen molar-refractivity contribution in [1.29, 1.82) is 0 Å². The number of alkyl halides is 3. The third kappa shape index (κ3) is 5.38. The van der Waals surface area contributed by atoms with Gasteiger partial charge in [-0.15, -0.1) is 0 Å².